The van der Waals surface area contributed by atoms with Crippen LogP contribution in [0.25, 0.3) is 0 Å². The Labute approximate surface area is 335 Å². The Morgan fingerprint density at radius 1 is 0.407 bits per heavy atom. The van der Waals surface area contributed by atoms with E-state index in [4.69, 9.17) is 14.2 Å². The summed E-state index contributed by atoms with van der Waals surface area (Å²) >= 11 is 0. The number of hydrogen-bond donors (Lipinski definition) is 0. The van der Waals surface area contributed by atoms with Crippen LogP contribution < -0.4 is 0 Å². The molecule has 0 bridgehead atoms. The second kappa shape index (κ2) is 37.0. The van der Waals surface area contributed by atoms with Crippen molar-refractivity contribution >= 4 is 17.9 Å². The molecule has 0 fully saturated rings. The van der Waals surface area contributed by atoms with Crippen LogP contribution in [-0.4, -0.2) is 62.8 Å². The third-order valence-corrected chi connectivity index (χ3v) is 10.8. The molecular formula is C47H91NO6. The van der Waals surface area contributed by atoms with Gasteiger partial charge in [0.25, 0.3) is 0 Å². The monoisotopic (exact) mass is 766 g/mol. The Hall–Kier alpha value is -1.63. The molecular weight excluding hydrogens is 675 g/mol. The third-order valence-electron chi connectivity index (χ3n) is 10.8. The molecule has 7 nitrogen and oxygen atoms in total. The van der Waals surface area contributed by atoms with E-state index < -0.39 is 0 Å². The van der Waals surface area contributed by atoms with Crippen molar-refractivity contribution in [2.24, 2.45) is 23.7 Å². The number of hydrogen-bond acceptors (Lipinski definition) is 7. The van der Waals surface area contributed by atoms with Crippen LogP contribution >= 0.6 is 0 Å². The van der Waals surface area contributed by atoms with Gasteiger partial charge in [0.05, 0.1) is 13.2 Å². The van der Waals surface area contributed by atoms with Gasteiger partial charge >= 0.3 is 17.9 Å². The van der Waals surface area contributed by atoms with Crippen molar-refractivity contribution in [1.82, 2.24) is 4.90 Å². The molecule has 0 amide bonds. The highest BCUT2D eigenvalue weighted by atomic mass is 16.5. The highest BCUT2D eigenvalue weighted by molar-refractivity contribution is 5.70. The van der Waals surface area contributed by atoms with Crippen LogP contribution in [0.5, 0.6) is 0 Å². The van der Waals surface area contributed by atoms with Crippen molar-refractivity contribution in [3.8, 4) is 0 Å². The standard InChI is InChI=1S/C47H91NO6/c1-40(2)26-23-28-42(5)35-38-52-45(49)32-21-17-13-9-11-15-19-30-44(54-47(51)34-25-37-48(7)8)31-20-16-12-10-14-18-22-33-46(50)53-39-36-43(6)29-24-27-41(3)4/h40-44H,9-39H2,1-8H3/t42-,43-/m0/s1. The van der Waals surface area contributed by atoms with Crippen LogP contribution in [0.2, 0.25) is 0 Å². The summed E-state index contributed by atoms with van der Waals surface area (Å²) in [4.78, 5) is 38.9. The zero-order valence-corrected chi connectivity index (χ0v) is 37.2. The molecule has 0 N–H and O–H groups in total. The summed E-state index contributed by atoms with van der Waals surface area (Å²) in [6.45, 7) is 15.6. The molecule has 0 saturated carbocycles. The zero-order valence-electron chi connectivity index (χ0n) is 37.2. The topological polar surface area (TPSA) is 82.1 Å². The maximum absolute atomic E-state index is 12.6. The molecule has 0 aliphatic carbocycles. The van der Waals surface area contributed by atoms with Gasteiger partial charge in [-0.15, -0.1) is 0 Å². The van der Waals surface area contributed by atoms with E-state index in [-0.39, 0.29) is 24.0 Å². The molecule has 0 heterocycles. The van der Waals surface area contributed by atoms with E-state index in [9.17, 15) is 14.4 Å². The number of nitrogens with zero attached hydrogens (tertiary/aromatic N) is 1. The Kier molecular flexibility index (Phi) is 35.9. The Bertz CT molecular complexity index is 818. The summed E-state index contributed by atoms with van der Waals surface area (Å²) in [6.07, 6.45) is 29.4. The van der Waals surface area contributed by atoms with Gasteiger partial charge in [0.15, 0.2) is 0 Å². The lowest BCUT2D eigenvalue weighted by Crippen LogP contribution is -2.20. The number of carbonyl (C=O) groups excluding carboxylic acids is 3. The van der Waals surface area contributed by atoms with Gasteiger partial charge in [-0.05, 0) is 102 Å². The molecule has 0 aliphatic heterocycles. The van der Waals surface area contributed by atoms with Gasteiger partial charge in [-0.3, -0.25) is 14.4 Å². The first-order chi connectivity index (χ1) is 25.9. The predicted octanol–water partition coefficient (Wildman–Crippen LogP) is 13.1. The fourth-order valence-electron chi connectivity index (χ4n) is 7.03. The number of unbranched alkanes of at least 4 members (excludes halogenated alkanes) is 12. The highest BCUT2D eigenvalue weighted by Crippen LogP contribution is 2.20. The van der Waals surface area contributed by atoms with E-state index in [1.165, 1.54) is 64.2 Å². The van der Waals surface area contributed by atoms with Crippen molar-refractivity contribution in [1.29, 1.82) is 0 Å². The lowest BCUT2D eigenvalue weighted by atomic mass is 9.98. The van der Waals surface area contributed by atoms with Crippen LogP contribution in [0.4, 0.5) is 0 Å². The molecule has 0 saturated heterocycles. The quantitative estimate of drug-likeness (QED) is 0.0350. The summed E-state index contributed by atoms with van der Waals surface area (Å²) in [5, 5.41) is 0. The Morgan fingerprint density at radius 2 is 0.778 bits per heavy atom. The van der Waals surface area contributed by atoms with Crippen molar-refractivity contribution < 1.29 is 28.6 Å². The average Bonchev–Trinajstić information content (AvgIpc) is 3.09. The summed E-state index contributed by atoms with van der Waals surface area (Å²) < 4.78 is 17.0. The average molecular weight is 766 g/mol. The van der Waals surface area contributed by atoms with Gasteiger partial charge in [-0.1, -0.05) is 144 Å². The molecule has 0 aromatic rings. The second-order valence-corrected chi connectivity index (χ2v) is 17.9. The number of esters is 3. The smallest absolute Gasteiger partial charge is 0.306 e. The Morgan fingerprint density at radius 3 is 1.17 bits per heavy atom. The molecule has 0 aromatic carbocycles. The lowest BCUT2D eigenvalue weighted by molar-refractivity contribution is -0.150. The molecule has 0 radical (unpaired) electrons. The van der Waals surface area contributed by atoms with Crippen molar-refractivity contribution in [2.45, 2.75) is 227 Å². The van der Waals surface area contributed by atoms with Gasteiger partial charge < -0.3 is 19.1 Å². The van der Waals surface area contributed by atoms with E-state index in [1.54, 1.807) is 0 Å². The van der Waals surface area contributed by atoms with Crippen LogP contribution in [0, 0.1) is 23.7 Å². The molecule has 0 rings (SSSR count). The predicted molar refractivity (Wildman–Crippen MR) is 228 cm³/mol. The highest BCUT2D eigenvalue weighted by Gasteiger charge is 2.15. The molecule has 2 atom stereocenters. The van der Waals surface area contributed by atoms with E-state index >= 15 is 0 Å². The van der Waals surface area contributed by atoms with Crippen LogP contribution in [0.1, 0.15) is 221 Å². The van der Waals surface area contributed by atoms with Crippen molar-refractivity contribution in [2.75, 3.05) is 33.9 Å². The fourth-order valence-corrected chi connectivity index (χ4v) is 7.03. The summed E-state index contributed by atoms with van der Waals surface area (Å²) in [5.41, 5.74) is 0. The van der Waals surface area contributed by atoms with Crippen LogP contribution in [0.3, 0.4) is 0 Å². The van der Waals surface area contributed by atoms with Gasteiger partial charge in [0, 0.05) is 19.3 Å². The molecule has 0 aliphatic rings. The number of rotatable bonds is 39. The van der Waals surface area contributed by atoms with Gasteiger partial charge in [0.2, 0.25) is 0 Å². The first kappa shape index (κ1) is 52.4. The van der Waals surface area contributed by atoms with Crippen LogP contribution in [0.15, 0.2) is 0 Å². The summed E-state index contributed by atoms with van der Waals surface area (Å²) in [6, 6.07) is 0. The third kappa shape index (κ3) is 38.6. The maximum atomic E-state index is 12.6. The van der Waals surface area contributed by atoms with Crippen molar-refractivity contribution in [3.05, 3.63) is 0 Å². The van der Waals surface area contributed by atoms with Gasteiger partial charge in [-0.25, -0.2) is 0 Å². The van der Waals surface area contributed by atoms with E-state index in [1.807, 2.05) is 14.1 Å². The van der Waals surface area contributed by atoms with Gasteiger partial charge in [0.1, 0.15) is 6.10 Å². The molecule has 54 heavy (non-hydrogen) atoms. The Balaban J connectivity index is 4.06. The summed E-state index contributed by atoms with van der Waals surface area (Å²) in [7, 11) is 4.07. The SMILES string of the molecule is CC(C)CCC[C@H](C)CCOC(=O)CCCCCCCCCC(CCCCCCCCCC(=O)OCC[C@@H](C)CCCC(C)C)OC(=O)CCCN(C)C. The minimum atomic E-state index is -0.0498. The molecule has 0 unspecified atom stereocenters. The summed E-state index contributed by atoms with van der Waals surface area (Å²) in [5.74, 6) is 2.65. The first-order valence-corrected chi connectivity index (χ1v) is 23.0. The first-order valence-electron chi connectivity index (χ1n) is 23.0. The zero-order chi connectivity index (χ0) is 40.2. The number of carbonyl (C=O) groups is 3. The van der Waals surface area contributed by atoms with E-state index in [0.29, 0.717) is 44.3 Å². The van der Waals surface area contributed by atoms with Crippen molar-refractivity contribution in [3.63, 3.8) is 0 Å². The van der Waals surface area contributed by atoms with E-state index in [0.717, 1.165) is 115 Å². The van der Waals surface area contributed by atoms with Crippen LogP contribution in [-0.2, 0) is 28.6 Å². The maximum Gasteiger partial charge on any atom is 0.306 e. The fraction of sp³-hybridized carbons (Fsp3) is 0.936. The minimum absolute atomic E-state index is 0.0277. The molecule has 0 spiro atoms. The number of ether oxygens (including phenoxy) is 3. The van der Waals surface area contributed by atoms with Gasteiger partial charge in [-0.2, -0.15) is 0 Å². The normalized spacial score (nSPS) is 12.9. The largest absolute Gasteiger partial charge is 0.466 e. The molecule has 320 valence electrons. The molecule has 7 heteroatoms. The lowest BCUT2D eigenvalue weighted by Gasteiger charge is -2.18. The molecule has 0 aromatic heterocycles. The van der Waals surface area contributed by atoms with E-state index in [2.05, 4.69) is 46.4 Å². The second-order valence-electron chi connectivity index (χ2n) is 17.9. The minimum Gasteiger partial charge on any atom is -0.466 e.